The third-order valence-electron chi connectivity index (χ3n) is 3.29. The van der Waals surface area contributed by atoms with Crippen LogP contribution in [0.5, 0.6) is 5.75 Å². The number of halogens is 1. The van der Waals surface area contributed by atoms with Crippen LogP contribution >= 0.6 is 24.0 Å². The molecule has 0 aliphatic heterocycles. The number of hydrogen-bond donors (Lipinski definition) is 2. The molecule has 1 aliphatic carbocycles. The highest BCUT2D eigenvalue weighted by atomic mass is 127. The number of benzene rings is 1. The highest BCUT2D eigenvalue weighted by Gasteiger charge is 2.11. The molecular formula is C16H24IN3O. The Labute approximate surface area is 144 Å². The summed E-state index contributed by atoms with van der Waals surface area (Å²) in [6.45, 7) is 3.55. The van der Waals surface area contributed by atoms with Crippen molar-refractivity contribution in [2.45, 2.75) is 32.4 Å². The first-order valence-electron chi connectivity index (χ1n) is 7.15. The average molecular weight is 401 g/mol. The van der Waals surface area contributed by atoms with Gasteiger partial charge in [0.2, 0.25) is 0 Å². The van der Waals surface area contributed by atoms with Gasteiger partial charge in [0.25, 0.3) is 0 Å². The van der Waals surface area contributed by atoms with Crippen LogP contribution in [-0.4, -0.2) is 25.7 Å². The van der Waals surface area contributed by atoms with Crippen molar-refractivity contribution in [2.75, 3.05) is 13.7 Å². The molecule has 0 saturated carbocycles. The Kier molecular flexibility index (Phi) is 8.19. The first kappa shape index (κ1) is 17.8. The Hall–Kier alpha value is -1.24. The van der Waals surface area contributed by atoms with Crippen molar-refractivity contribution in [3.05, 3.63) is 42.0 Å². The third kappa shape index (κ3) is 5.57. The molecule has 1 aliphatic rings. The maximum atomic E-state index is 5.35. The number of guanidine groups is 1. The number of para-hydroxylation sites is 1. The summed E-state index contributed by atoms with van der Waals surface area (Å²) in [6.07, 6.45) is 6.56. The van der Waals surface area contributed by atoms with Gasteiger partial charge in [-0.15, -0.1) is 24.0 Å². The Morgan fingerprint density at radius 2 is 2.00 bits per heavy atom. The quantitative estimate of drug-likeness (QED) is 0.345. The van der Waals surface area contributed by atoms with Crippen molar-refractivity contribution >= 4 is 29.9 Å². The fourth-order valence-corrected chi connectivity index (χ4v) is 2.25. The zero-order chi connectivity index (χ0) is 14.2. The van der Waals surface area contributed by atoms with Crippen molar-refractivity contribution < 1.29 is 4.74 Å². The van der Waals surface area contributed by atoms with E-state index in [0.29, 0.717) is 12.6 Å². The summed E-state index contributed by atoms with van der Waals surface area (Å²) in [5.74, 6) is 1.75. The van der Waals surface area contributed by atoms with Crippen molar-refractivity contribution in [1.29, 1.82) is 0 Å². The molecule has 2 rings (SSSR count). The minimum Gasteiger partial charge on any atom is -0.496 e. The fraction of sp³-hybridized carbons (Fsp3) is 0.438. The molecule has 0 bridgehead atoms. The van der Waals surface area contributed by atoms with E-state index in [1.807, 2.05) is 24.3 Å². The van der Waals surface area contributed by atoms with E-state index in [-0.39, 0.29) is 24.0 Å². The lowest BCUT2D eigenvalue weighted by atomic mass is 10.2. The summed E-state index contributed by atoms with van der Waals surface area (Å²) in [5, 5.41) is 6.75. The molecule has 5 heteroatoms. The normalized spacial score (nSPS) is 14.7. The predicted molar refractivity (Wildman–Crippen MR) is 98.5 cm³/mol. The van der Waals surface area contributed by atoms with Crippen LogP contribution in [0.4, 0.5) is 0 Å². The first-order valence-corrected chi connectivity index (χ1v) is 7.15. The number of nitrogens with zero attached hydrogens (tertiary/aromatic N) is 1. The van der Waals surface area contributed by atoms with Crippen molar-refractivity contribution in [3.63, 3.8) is 0 Å². The lowest BCUT2D eigenvalue weighted by molar-refractivity contribution is 0.410. The summed E-state index contributed by atoms with van der Waals surface area (Å²) in [4.78, 5) is 4.64. The molecule has 0 amide bonds. The molecule has 0 radical (unpaired) electrons. The van der Waals surface area contributed by atoms with Crippen LogP contribution in [0.25, 0.3) is 0 Å². The minimum atomic E-state index is 0. The zero-order valence-electron chi connectivity index (χ0n) is 12.6. The molecule has 1 aromatic rings. The van der Waals surface area contributed by atoms with Gasteiger partial charge < -0.3 is 15.4 Å². The molecular weight excluding hydrogens is 377 g/mol. The number of nitrogens with one attached hydrogen (secondary N) is 2. The summed E-state index contributed by atoms with van der Waals surface area (Å²) >= 11 is 0. The molecule has 0 aromatic heterocycles. The van der Waals surface area contributed by atoms with E-state index in [9.17, 15) is 0 Å². The average Bonchev–Trinajstić information content (AvgIpc) is 2.98. The van der Waals surface area contributed by atoms with E-state index < -0.39 is 0 Å². The lowest BCUT2D eigenvalue weighted by Crippen LogP contribution is -2.42. The second-order valence-electron chi connectivity index (χ2n) is 4.79. The smallest absolute Gasteiger partial charge is 0.191 e. The molecule has 0 fully saturated rings. The molecule has 21 heavy (non-hydrogen) atoms. The van der Waals surface area contributed by atoms with E-state index in [1.54, 1.807) is 7.11 Å². The van der Waals surface area contributed by atoms with Crippen LogP contribution in [0.2, 0.25) is 0 Å². The van der Waals surface area contributed by atoms with Crippen molar-refractivity contribution in [3.8, 4) is 5.75 Å². The van der Waals surface area contributed by atoms with E-state index in [1.165, 1.54) is 0 Å². The largest absolute Gasteiger partial charge is 0.496 e. The van der Waals surface area contributed by atoms with E-state index in [0.717, 1.165) is 36.7 Å². The number of hydrogen-bond acceptors (Lipinski definition) is 2. The van der Waals surface area contributed by atoms with Crippen LogP contribution < -0.4 is 15.4 Å². The summed E-state index contributed by atoms with van der Waals surface area (Å²) in [6, 6.07) is 8.45. The number of aliphatic imine (C=N–C) groups is 1. The van der Waals surface area contributed by atoms with Crippen LogP contribution in [0, 0.1) is 0 Å². The minimum absolute atomic E-state index is 0. The molecule has 0 saturated heterocycles. The molecule has 0 unspecified atom stereocenters. The van der Waals surface area contributed by atoms with Crippen molar-refractivity contribution in [1.82, 2.24) is 10.6 Å². The number of rotatable bonds is 5. The van der Waals surface area contributed by atoms with Crippen molar-refractivity contribution in [2.24, 2.45) is 4.99 Å². The standard InChI is InChI=1S/C16H23N3O.HI/c1-3-17-16(19-14-9-5-6-10-14)18-12-13-8-4-7-11-15(13)20-2;/h4-8,11,14H,3,9-10,12H2,1-2H3,(H2,17,18,19);1H. The van der Waals surface area contributed by atoms with Crippen LogP contribution in [0.3, 0.4) is 0 Å². The Balaban J connectivity index is 0.00000220. The van der Waals surface area contributed by atoms with E-state index in [2.05, 4.69) is 34.7 Å². The monoisotopic (exact) mass is 401 g/mol. The van der Waals surface area contributed by atoms with Gasteiger partial charge in [0.15, 0.2) is 5.96 Å². The second-order valence-corrected chi connectivity index (χ2v) is 4.79. The van der Waals surface area contributed by atoms with Gasteiger partial charge in [0, 0.05) is 18.2 Å². The Bertz CT molecular complexity index is 480. The molecule has 2 N–H and O–H groups in total. The maximum absolute atomic E-state index is 5.35. The van der Waals surface area contributed by atoms with E-state index >= 15 is 0 Å². The third-order valence-corrected chi connectivity index (χ3v) is 3.29. The van der Waals surface area contributed by atoms with Gasteiger partial charge in [-0.1, -0.05) is 30.4 Å². The lowest BCUT2D eigenvalue weighted by Gasteiger charge is -2.17. The maximum Gasteiger partial charge on any atom is 0.191 e. The highest BCUT2D eigenvalue weighted by molar-refractivity contribution is 14.0. The van der Waals surface area contributed by atoms with Crippen LogP contribution in [0.15, 0.2) is 41.4 Å². The van der Waals surface area contributed by atoms with Crippen LogP contribution in [-0.2, 0) is 6.54 Å². The molecule has 4 nitrogen and oxygen atoms in total. The Morgan fingerprint density at radius 3 is 2.67 bits per heavy atom. The topological polar surface area (TPSA) is 45.7 Å². The molecule has 0 spiro atoms. The molecule has 0 atom stereocenters. The Morgan fingerprint density at radius 1 is 1.29 bits per heavy atom. The summed E-state index contributed by atoms with van der Waals surface area (Å²) in [5.41, 5.74) is 1.09. The van der Waals surface area contributed by atoms with E-state index in [4.69, 9.17) is 4.74 Å². The van der Waals surface area contributed by atoms with Gasteiger partial charge in [-0.3, -0.25) is 0 Å². The predicted octanol–water partition coefficient (Wildman–Crippen LogP) is 3.09. The summed E-state index contributed by atoms with van der Waals surface area (Å²) in [7, 11) is 1.69. The second kappa shape index (κ2) is 9.65. The highest BCUT2D eigenvalue weighted by Crippen LogP contribution is 2.18. The SMILES string of the molecule is CCNC(=NCc1ccccc1OC)NC1CC=CC1.I. The molecule has 1 aromatic carbocycles. The number of ether oxygens (including phenoxy) is 1. The zero-order valence-corrected chi connectivity index (χ0v) is 15.0. The first-order chi connectivity index (χ1) is 9.83. The van der Waals surface area contributed by atoms with Gasteiger partial charge >= 0.3 is 0 Å². The number of methoxy groups -OCH3 is 1. The van der Waals surface area contributed by atoms with Gasteiger partial charge in [-0.2, -0.15) is 0 Å². The molecule has 0 heterocycles. The fourth-order valence-electron chi connectivity index (χ4n) is 2.25. The summed E-state index contributed by atoms with van der Waals surface area (Å²) < 4.78 is 5.35. The van der Waals surface area contributed by atoms with Crippen LogP contribution in [0.1, 0.15) is 25.3 Å². The van der Waals surface area contributed by atoms with Gasteiger partial charge in [-0.25, -0.2) is 4.99 Å². The van der Waals surface area contributed by atoms with Gasteiger partial charge in [0.1, 0.15) is 5.75 Å². The molecule has 116 valence electrons. The van der Waals surface area contributed by atoms with Gasteiger partial charge in [-0.05, 0) is 25.8 Å². The van der Waals surface area contributed by atoms with Gasteiger partial charge in [0.05, 0.1) is 13.7 Å².